The van der Waals surface area contributed by atoms with Gasteiger partial charge in [0.15, 0.2) is 0 Å². The largest absolute Gasteiger partial charge is 0.147 e. The fraction of sp³-hybridized carbons (Fsp3) is 0. The Morgan fingerprint density at radius 1 is 0.286 bits per heavy atom. The van der Waals surface area contributed by atoms with Crippen molar-refractivity contribution in [2.24, 2.45) is 0 Å². The normalized spacial score (nSPS) is 0. The Labute approximate surface area is 94.7 Å². The summed E-state index contributed by atoms with van der Waals surface area (Å²) in [5, 5.41) is 0. The quantitative estimate of drug-likeness (QED) is 0.584. The summed E-state index contributed by atoms with van der Waals surface area (Å²) in [6.45, 7) is 0. The Bertz CT molecular complexity index is 4.14. The molecule has 0 nitrogen and oxygen atoms in total. The van der Waals surface area contributed by atoms with Crippen LogP contribution < -0.4 is 0 Å². The number of halogens is 6. The van der Waals surface area contributed by atoms with Crippen molar-refractivity contribution in [3.8, 4) is 0 Å². The van der Waals surface area contributed by atoms with E-state index in [9.17, 15) is 0 Å². The Morgan fingerprint density at radius 3 is 0.286 bits per heavy atom. The second kappa shape index (κ2) is 78.9. The predicted molar refractivity (Wildman–Crippen MR) is 43.5 cm³/mol. The van der Waals surface area contributed by atoms with E-state index in [1.54, 1.807) is 0 Å². The van der Waals surface area contributed by atoms with Crippen LogP contribution in [0.25, 0.3) is 0 Å². The van der Waals surface area contributed by atoms with Crippen LogP contribution in [0, 0.1) is 0 Å². The summed E-state index contributed by atoms with van der Waals surface area (Å²) in [4.78, 5) is 0. The minimum atomic E-state index is 0. The van der Waals surface area contributed by atoms with Crippen LogP contribution in [0.3, 0.4) is 0 Å². The third-order valence-electron chi connectivity index (χ3n) is 0. The van der Waals surface area contributed by atoms with Gasteiger partial charge < -0.3 is 0 Å². The average molecular weight is 403 g/mol. The molecule has 0 aliphatic rings. The van der Waals surface area contributed by atoms with Crippen LogP contribution >= 0.6 is 74.4 Å². The van der Waals surface area contributed by atoms with Crippen molar-refractivity contribution < 1.29 is 21.1 Å². The minimum Gasteiger partial charge on any atom is -0.147 e. The molecule has 0 amide bonds. The number of hydrogen-bond acceptors (Lipinski definition) is 0. The Morgan fingerprint density at radius 2 is 0.286 bits per heavy atom. The molecule has 0 bridgehead atoms. The molecule has 54 valence electrons. The molecule has 0 aliphatic carbocycles. The maximum Gasteiger partial charge on any atom is 0 e. The van der Waals surface area contributed by atoms with Crippen LogP contribution in [-0.2, 0) is 21.1 Å². The van der Waals surface area contributed by atoms with E-state index in [4.69, 9.17) is 0 Å². The van der Waals surface area contributed by atoms with Gasteiger partial charge in [-0.3, -0.25) is 0 Å². The van der Waals surface area contributed by atoms with Crippen LogP contribution in [-0.4, -0.2) is 0 Å². The van der Waals surface area contributed by atoms with Gasteiger partial charge >= 0.3 is 0 Å². The minimum absolute atomic E-state index is 0. The second-order valence-electron chi connectivity index (χ2n) is 0. The molecule has 0 saturated heterocycles. The maximum absolute atomic E-state index is 0. The van der Waals surface area contributed by atoms with Gasteiger partial charge in [-0.15, -0.1) is 74.4 Å². The Hall–Kier alpha value is 2.43. The first-order valence-electron chi connectivity index (χ1n) is 0. The first-order valence-corrected chi connectivity index (χ1v) is 0. The first-order chi connectivity index (χ1) is 0. The van der Waals surface area contributed by atoms with Crippen LogP contribution in [0.15, 0.2) is 0 Å². The molecule has 0 aromatic carbocycles. The summed E-state index contributed by atoms with van der Waals surface area (Å²) in [5.74, 6) is 0. The van der Waals surface area contributed by atoms with E-state index in [1.165, 1.54) is 0 Å². The monoisotopic (exact) mass is 400 g/mol. The molecule has 0 N–H and O–H groups in total. The predicted octanol–water partition coefficient (Wildman–Crippen LogP) is 2.53. The third kappa shape index (κ3) is 59.1. The van der Waals surface area contributed by atoms with Crippen molar-refractivity contribution in [3.05, 3.63) is 0 Å². The van der Waals surface area contributed by atoms with Crippen LogP contribution in [0.1, 0.15) is 0 Å². The standard InChI is InChI=1S/6ClH.W/h6*1H;. The number of hydrogen-bond donors (Lipinski definition) is 0. The van der Waals surface area contributed by atoms with Crippen molar-refractivity contribution >= 4 is 74.4 Å². The summed E-state index contributed by atoms with van der Waals surface area (Å²) >= 11 is 0. The molecule has 0 saturated carbocycles. The molecular weight excluding hydrogens is 397 g/mol. The molecule has 0 radical (unpaired) electrons. The molecule has 7 heavy (non-hydrogen) atoms. The third-order valence-corrected chi connectivity index (χ3v) is 0. The van der Waals surface area contributed by atoms with Crippen molar-refractivity contribution in [2.45, 2.75) is 0 Å². The summed E-state index contributed by atoms with van der Waals surface area (Å²) in [6.07, 6.45) is 0. The van der Waals surface area contributed by atoms with Gasteiger partial charge in [-0.1, -0.05) is 0 Å². The second-order valence-corrected chi connectivity index (χ2v) is 0. The fourth-order valence-electron chi connectivity index (χ4n) is 0. The van der Waals surface area contributed by atoms with E-state index in [2.05, 4.69) is 0 Å². The van der Waals surface area contributed by atoms with E-state index >= 15 is 0 Å². The summed E-state index contributed by atoms with van der Waals surface area (Å²) in [6, 6.07) is 0. The van der Waals surface area contributed by atoms with E-state index in [1.807, 2.05) is 0 Å². The van der Waals surface area contributed by atoms with Crippen LogP contribution in [0.5, 0.6) is 0 Å². The molecule has 7 heteroatoms. The zero-order valence-corrected chi connectivity index (χ0v) is 10.7. The van der Waals surface area contributed by atoms with E-state index in [0.717, 1.165) is 0 Å². The molecule has 0 aromatic heterocycles. The van der Waals surface area contributed by atoms with Crippen LogP contribution in [0.4, 0.5) is 0 Å². The smallest absolute Gasteiger partial charge is 0 e. The van der Waals surface area contributed by atoms with Gasteiger partial charge in [-0.05, 0) is 0 Å². The van der Waals surface area contributed by atoms with Gasteiger partial charge in [0.1, 0.15) is 0 Å². The summed E-state index contributed by atoms with van der Waals surface area (Å²) < 4.78 is 0. The molecule has 0 heterocycles. The van der Waals surface area contributed by atoms with Crippen molar-refractivity contribution in [1.82, 2.24) is 0 Å². The fourth-order valence-corrected chi connectivity index (χ4v) is 0. The van der Waals surface area contributed by atoms with Crippen molar-refractivity contribution in [1.29, 1.82) is 0 Å². The average Bonchev–Trinajstić information content (AvgIpc) is 0. The van der Waals surface area contributed by atoms with Crippen molar-refractivity contribution in [3.63, 3.8) is 0 Å². The molecule has 0 atom stereocenters. The van der Waals surface area contributed by atoms with E-state index in [0.29, 0.717) is 0 Å². The topological polar surface area (TPSA) is 0 Å². The molecule has 0 aliphatic heterocycles. The molecule has 0 spiro atoms. The van der Waals surface area contributed by atoms with Gasteiger partial charge in [0.25, 0.3) is 0 Å². The zero-order valence-electron chi connectivity index (χ0n) is 2.86. The Balaban J connectivity index is 0. The van der Waals surface area contributed by atoms with Crippen LogP contribution in [0.2, 0.25) is 0 Å². The first kappa shape index (κ1) is 114. The molecule has 0 rings (SSSR count). The van der Waals surface area contributed by atoms with Gasteiger partial charge in [-0.25, -0.2) is 0 Å². The SMILES string of the molecule is Cl.Cl.Cl.Cl.Cl.Cl.[W]. The maximum atomic E-state index is 0. The molecular formula is H6Cl6W. The van der Waals surface area contributed by atoms with E-state index in [-0.39, 0.29) is 95.5 Å². The summed E-state index contributed by atoms with van der Waals surface area (Å²) in [7, 11) is 0. The van der Waals surface area contributed by atoms with Gasteiger partial charge in [-0.2, -0.15) is 0 Å². The van der Waals surface area contributed by atoms with Gasteiger partial charge in [0, 0.05) is 21.1 Å². The zero-order chi connectivity index (χ0) is 0. The molecule has 0 aromatic rings. The van der Waals surface area contributed by atoms with Crippen molar-refractivity contribution in [2.75, 3.05) is 0 Å². The van der Waals surface area contributed by atoms with Gasteiger partial charge in [0.05, 0.1) is 0 Å². The molecule has 0 unspecified atom stereocenters. The van der Waals surface area contributed by atoms with E-state index < -0.39 is 0 Å². The number of rotatable bonds is 0. The Kier molecular flexibility index (Phi) is 1280. The summed E-state index contributed by atoms with van der Waals surface area (Å²) in [5.41, 5.74) is 0. The molecule has 0 fully saturated rings. The van der Waals surface area contributed by atoms with Gasteiger partial charge in [0.2, 0.25) is 0 Å².